The number of halogens is 2. The Morgan fingerprint density at radius 2 is 1.92 bits per heavy atom. The van der Waals surface area contributed by atoms with E-state index in [9.17, 15) is 9.60 Å². The summed E-state index contributed by atoms with van der Waals surface area (Å²) < 4.78 is 24.8. The third-order valence-corrected chi connectivity index (χ3v) is 4.97. The highest BCUT2D eigenvalue weighted by Gasteiger charge is 2.41. The van der Waals surface area contributed by atoms with Crippen LogP contribution >= 0.6 is 15.9 Å². The maximum atomic E-state index is 13.3. The predicted octanol–water partition coefficient (Wildman–Crippen LogP) is 4.44. The summed E-state index contributed by atoms with van der Waals surface area (Å²) >= 11 is 3.69. The molecule has 7 heteroatoms. The molecule has 1 atom stereocenters. The first-order valence-electron chi connectivity index (χ1n) is 7.90. The first kappa shape index (κ1) is 18.0. The second kappa shape index (κ2) is 7.19. The van der Waals surface area contributed by atoms with Crippen LogP contribution in [-0.4, -0.2) is 25.0 Å². The molecule has 1 aromatic rings. The van der Waals surface area contributed by atoms with E-state index in [1.165, 1.54) is 31.6 Å². The van der Waals surface area contributed by atoms with E-state index in [0.29, 0.717) is 16.5 Å². The van der Waals surface area contributed by atoms with Crippen LogP contribution in [0, 0.1) is 16.9 Å². The minimum atomic E-state index is -0.302. The Balaban J connectivity index is 2.08. The molecule has 0 fully saturated rings. The number of nitrogens with zero attached hydrogens (tertiary/aromatic N) is 2. The monoisotopic (exact) mass is 409 g/mol. The van der Waals surface area contributed by atoms with Gasteiger partial charge in [-0.25, -0.2) is 4.39 Å². The van der Waals surface area contributed by atoms with Crippen molar-refractivity contribution >= 4 is 21.6 Å². The van der Waals surface area contributed by atoms with Crippen LogP contribution < -0.4 is 4.90 Å². The zero-order valence-electron chi connectivity index (χ0n) is 14.2. The van der Waals surface area contributed by atoms with Crippen molar-refractivity contribution in [3.05, 3.63) is 69.2 Å². The molecule has 0 amide bonds. The summed E-state index contributed by atoms with van der Waals surface area (Å²) in [5, 5.41) is 12.8. The molecule has 0 aromatic heterocycles. The lowest BCUT2D eigenvalue weighted by atomic mass is 10.0. The molecule has 0 spiro atoms. The summed E-state index contributed by atoms with van der Waals surface area (Å²) in [6, 6.07) is 6.20. The number of benzene rings is 1. The first-order valence-corrected chi connectivity index (χ1v) is 8.69. The Labute approximate surface area is 154 Å². The van der Waals surface area contributed by atoms with Crippen LogP contribution in [0.5, 0.6) is 0 Å². The van der Waals surface area contributed by atoms with E-state index in [0.717, 1.165) is 15.7 Å². The lowest BCUT2D eigenvalue weighted by Crippen LogP contribution is -2.35. The van der Waals surface area contributed by atoms with Crippen LogP contribution in [0.3, 0.4) is 0 Å². The maximum absolute atomic E-state index is 13.3. The zero-order chi connectivity index (χ0) is 18.1. The number of hydrogen-bond acceptors (Lipinski definition) is 5. The van der Waals surface area contributed by atoms with Gasteiger partial charge < -0.3 is 24.6 Å². The standard InChI is InChI=1S/C18H19BrFN2O3/c1-11(2)18-17(19)16-14(8-21(23)9-15(16)25-10-24-3)22(18)13-6-4-12(20)5-7-13/h4-9,11,18H,10H2,1-3H3/q-1. The van der Waals surface area contributed by atoms with Crippen molar-refractivity contribution in [2.45, 2.75) is 19.9 Å². The minimum absolute atomic E-state index is 0.0345. The molecule has 0 N–H and O–H groups in total. The van der Waals surface area contributed by atoms with Crippen molar-refractivity contribution in [3.8, 4) is 0 Å². The van der Waals surface area contributed by atoms with Crippen LogP contribution in [0.1, 0.15) is 13.8 Å². The van der Waals surface area contributed by atoms with Crippen molar-refractivity contribution in [1.82, 2.24) is 5.06 Å². The fourth-order valence-electron chi connectivity index (χ4n) is 3.09. The molecule has 1 aromatic carbocycles. The van der Waals surface area contributed by atoms with Gasteiger partial charge in [-0.3, -0.25) is 0 Å². The number of rotatable bonds is 5. The van der Waals surface area contributed by atoms with E-state index in [1.54, 1.807) is 12.1 Å². The SMILES string of the molecule is COCOC1=CN([O-])C=C2C1=C(Br)C(C(C)C)N2c1ccc(F)cc1. The summed E-state index contributed by atoms with van der Waals surface area (Å²) in [5.74, 6) is 0.377. The summed E-state index contributed by atoms with van der Waals surface area (Å²) in [6.45, 7) is 4.23. The Bertz CT molecular complexity index is 743. The maximum Gasteiger partial charge on any atom is 0.188 e. The number of methoxy groups -OCH3 is 1. The molecule has 0 bridgehead atoms. The van der Waals surface area contributed by atoms with Gasteiger partial charge >= 0.3 is 0 Å². The lowest BCUT2D eigenvalue weighted by molar-refractivity contribution is 0.00740. The molecule has 0 saturated carbocycles. The fraction of sp³-hybridized carbons (Fsp3) is 0.333. The fourth-order valence-corrected chi connectivity index (χ4v) is 4.22. The Kier molecular flexibility index (Phi) is 5.17. The van der Waals surface area contributed by atoms with Crippen LogP contribution in [0.2, 0.25) is 0 Å². The van der Waals surface area contributed by atoms with Crippen molar-refractivity contribution in [2.24, 2.45) is 5.92 Å². The van der Waals surface area contributed by atoms with Gasteiger partial charge in [0.05, 0.1) is 17.3 Å². The van der Waals surface area contributed by atoms with Crippen molar-refractivity contribution in [3.63, 3.8) is 0 Å². The van der Waals surface area contributed by atoms with Gasteiger partial charge in [-0.1, -0.05) is 29.8 Å². The molecule has 0 aliphatic carbocycles. The molecule has 134 valence electrons. The number of hydrogen-bond donors (Lipinski definition) is 0. The molecule has 25 heavy (non-hydrogen) atoms. The Morgan fingerprint density at radius 1 is 1.24 bits per heavy atom. The summed E-state index contributed by atoms with van der Waals surface area (Å²) in [6.07, 6.45) is 2.88. The van der Waals surface area contributed by atoms with E-state index in [4.69, 9.17) is 9.47 Å². The molecule has 5 nitrogen and oxygen atoms in total. The van der Waals surface area contributed by atoms with Crippen LogP contribution in [-0.2, 0) is 9.47 Å². The Morgan fingerprint density at radius 3 is 2.52 bits per heavy atom. The average Bonchev–Trinajstić information content (AvgIpc) is 2.86. The number of fused-ring (bicyclic) bond motifs is 1. The van der Waals surface area contributed by atoms with Gasteiger partial charge in [0.1, 0.15) is 11.6 Å². The van der Waals surface area contributed by atoms with Crippen LogP contribution in [0.25, 0.3) is 0 Å². The highest BCUT2D eigenvalue weighted by molar-refractivity contribution is 9.11. The molecule has 1 unspecified atom stereocenters. The van der Waals surface area contributed by atoms with Crippen LogP contribution in [0.4, 0.5) is 10.1 Å². The van der Waals surface area contributed by atoms with Gasteiger partial charge in [0.15, 0.2) is 6.79 Å². The van der Waals surface area contributed by atoms with Gasteiger partial charge in [0, 0.05) is 29.7 Å². The largest absolute Gasteiger partial charge is 0.754 e. The van der Waals surface area contributed by atoms with E-state index in [2.05, 4.69) is 29.8 Å². The molecular formula is C18H19BrFN2O3-. The van der Waals surface area contributed by atoms with Crippen LogP contribution in [0.15, 0.2) is 58.2 Å². The van der Waals surface area contributed by atoms with E-state index in [-0.39, 0.29) is 24.6 Å². The molecule has 0 saturated heterocycles. The molecule has 2 aliphatic heterocycles. The third kappa shape index (κ3) is 3.31. The van der Waals surface area contributed by atoms with E-state index in [1.807, 2.05) is 4.90 Å². The van der Waals surface area contributed by atoms with E-state index < -0.39 is 0 Å². The summed E-state index contributed by atoms with van der Waals surface area (Å²) in [7, 11) is 1.52. The van der Waals surface area contributed by atoms with Gasteiger partial charge in [-0.2, -0.15) is 0 Å². The van der Waals surface area contributed by atoms with Gasteiger partial charge in [-0.05, 0) is 30.2 Å². The summed E-state index contributed by atoms with van der Waals surface area (Å²) in [4.78, 5) is 2.03. The lowest BCUT2D eigenvalue weighted by Gasteiger charge is -2.35. The molecular weight excluding hydrogens is 391 g/mol. The second-order valence-corrected chi connectivity index (χ2v) is 7.03. The van der Waals surface area contributed by atoms with Gasteiger partial charge in [0.25, 0.3) is 0 Å². The van der Waals surface area contributed by atoms with Gasteiger partial charge in [0.2, 0.25) is 0 Å². The highest BCUT2D eigenvalue weighted by Crippen LogP contribution is 2.47. The molecule has 2 heterocycles. The number of anilines is 1. The quantitative estimate of drug-likeness (QED) is 0.672. The molecule has 2 aliphatic rings. The first-order chi connectivity index (χ1) is 11.9. The second-order valence-electron chi connectivity index (χ2n) is 6.18. The molecule has 0 radical (unpaired) electrons. The van der Waals surface area contributed by atoms with Crippen molar-refractivity contribution in [1.29, 1.82) is 0 Å². The summed E-state index contributed by atoms with van der Waals surface area (Å²) in [5.41, 5.74) is 2.33. The molecule has 3 rings (SSSR count). The number of hydroxylamine groups is 2. The predicted molar refractivity (Wildman–Crippen MR) is 97.8 cm³/mol. The Hall–Kier alpha value is -1.83. The highest BCUT2D eigenvalue weighted by atomic mass is 79.9. The zero-order valence-corrected chi connectivity index (χ0v) is 15.8. The number of ether oxygens (including phenoxy) is 2. The van der Waals surface area contributed by atoms with Gasteiger partial charge in [-0.15, -0.1) is 0 Å². The smallest absolute Gasteiger partial charge is 0.188 e. The topological polar surface area (TPSA) is 48.0 Å². The average molecular weight is 410 g/mol. The third-order valence-electron chi connectivity index (χ3n) is 4.10. The van der Waals surface area contributed by atoms with Crippen molar-refractivity contribution < 1.29 is 13.9 Å². The van der Waals surface area contributed by atoms with E-state index >= 15 is 0 Å². The minimum Gasteiger partial charge on any atom is -0.754 e. The normalized spacial score (nSPS) is 20.0. The van der Waals surface area contributed by atoms with Crippen molar-refractivity contribution in [2.75, 3.05) is 18.8 Å².